The fraction of sp³-hybridized carbons (Fsp3) is 0.889. The van der Waals surface area contributed by atoms with Crippen LogP contribution >= 0.6 is 24.0 Å². The molecule has 2 unspecified atom stereocenters. The lowest BCUT2D eigenvalue weighted by molar-refractivity contribution is -0.149. The van der Waals surface area contributed by atoms with Gasteiger partial charge in [-0.1, -0.05) is 19.8 Å². The largest absolute Gasteiger partial charge is 0.466 e. The molecule has 0 aromatic heterocycles. The van der Waals surface area contributed by atoms with Crippen molar-refractivity contribution in [1.29, 1.82) is 0 Å². The van der Waals surface area contributed by atoms with Crippen molar-refractivity contribution in [2.24, 2.45) is 16.3 Å². The van der Waals surface area contributed by atoms with Gasteiger partial charge in [0, 0.05) is 32.1 Å². The number of carbonyl (C=O) groups excluding carboxylic acids is 1. The number of carbonyl (C=O) groups is 1. The van der Waals surface area contributed by atoms with E-state index in [4.69, 9.17) is 4.74 Å². The number of hydrogen-bond acceptors (Lipinski definition) is 4. The van der Waals surface area contributed by atoms with Gasteiger partial charge in [0.05, 0.1) is 18.6 Å². The lowest BCUT2D eigenvalue weighted by Crippen LogP contribution is -2.51. The van der Waals surface area contributed by atoms with Crippen molar-refractivity contribution in [2.45, 2.75) is 58.5 Å². The van der Waals surface area contributed by atoms with Crippen molar-refractivity contribution in [2.75, 3.05) is 33.3 Å². The van der Waals surface area contributed by atoms with E-state index in [0.717, 1.165) is 57.7 Å². The van der Waals surface area contributed by atoms with Crippen molar-refractivity contribution < 1.29 is 14.6 Å². The number of rotatable bonds is 4. The van der Waals surface area contributed by atoms with Crippen molar-refractivity contribution >= 4 is 35.9 Å². The highest BCUT2D eigenvalue weighted by molar-refractivity contribution is 14.0. The molecule has 2 aliphatic rings. The summed E-state index contributed by atoms with van der Waals surface area (Å²) < 4.78 is 5.12. The number of aliphatic hydroxyl groups is 1. The SMILES string of the molecule is CCOC(=O)C1CCN(C(=NC)NCC2(C)CCCCC2O)CC1.I. The number of hydrogen-bond donors (Lipinski definition) is 2. The lowest BCUT2D eigenvalue weighted by atomic mass is 9.73. The summed E-state index contributed by atoms with van der Waals surface area (Å²) in [6, 6.07) is 0. The molecular formula is C18H34IN3O3. The van der Waals surface area contributed by atoms with E-state index in [1.165, 1.54) is 6.42 Å². The first kappa shape index (κ1) is 22.5. The minimum Gasteiger partial charge on any atom is -0.466 e. The number of aliphatic hydroxyl groups excluding tert-OH is 1. The van der Waals surface area contributed by atoms with Crippen LogP contribution in [0.15, 0.2) is 4.99 Å². The Labute approximate surface area is 168 Å². The summed E-state index contributed by atoms with van der Waals surface area (Å²) >= 11 is 0. The molecule has 0 aromatic carbocycles. The third kappa shape index (κ3) is 5.98. The van der Waals surface area contributed by atoms with Gasteiger partial charge in [-0.25, -0.2) is 0 Å². The first-order valence-electron chi connectivity index (χ1n) is 9.30. The molecule has 1 saturated carbocycles. The van der Waals surface area contributed by atoms with Gasteiger partial charge in [0.25, 0.3) is 0 Å². The summed E-state index contributed by atoms with van der Waals surface area (Å²) in [5, 5.41) is 13.8. The van der Waals surface area contributed by atoms with Gasteiger partial charge in [-0.2, -0.15) is 0 Å². The Balaban J connectivity index is 0.00000312. The quantitative estimate of drug-likeness (QED) is 0.288. The van der Waals surface area contributed by atoms with E-state index in [2.05, 4.69) is 22.1 Å². The Bertz CT molecular complexity index is 453. The van der Waals surface area contributed by atoms with Crippen molar-refractivity contribution in [1.82, 2.24) is 10.2 Å². The van der Waals surface area contributed by atoms with Gasteiger partial charge in [0.15, 0.2) is 5.96 Å². The van der Waals surface area contributed by atoms with Crippen LogP contribution in [0.2, 0.25) is 0 Å². The number of esters is 1. The Kier molecular flexibility index (Phi) is 9.48. The molecule has 0 bridgehead atoms. The molecule has 0 spiro atoms. The summed E-state index contributed by atoms with van der Waals surface area (Å²) in [4.78, 5) is 18.4. The Morgan fingerprint density at radius 1 is 1.32 bits per heavy atom. The van der Waals surface area contributed by atoms with E-state index >= 15 is 0 Å². The predicted molar refractivity (Wildman–Crippen MR) is 110 cm³/mol. The highest BCUT2D eigenvalue weighted by atomic mass is 127. The van der Waals surface area contributed by atoms with Gasteiger partial charge in [0.2, 0.25) is 0 Å². The molecular weight excluding hydrogens is 433 g/mol. The number of aliphatic imine (C=N–C) groups is 1. The Morgan fingerprint density at radius 2 is 2.00 bits per heavy atom. The van der Waals surface area contributed by atoms with Crippen LogP contribution in [0.1, 0.15) is 52.4 Å². The zero-order valence-corrected chi connectivity index (χ0v) is 18.1. The molecule has 7 heteroatoms. The van der Waals surface area contributed by atoms with Crippen LogP contribution in [-0.2, 0) is 9.53 Å². The summed E-state index contributed by atoms with van der Waals surface area (Å²) in [7, 11) is 1.79. The monoisotopic (exact) mass is 467 g/mol. The fourth-order valence-corrected chi connectivity index (χ4v) is 3.79. The minimum atomic E-state index is -0.244. The molecule has 2 atom stereocenters. The summed E-state index contributed by atoms with van der Waals surface area (Å²) in [6.07, 6.45) is 5.60. The molecule has 146 valence electrons. The topological polar surface area (TPSA) is 74.2 Å². The van der Waals surface area contributed by atoms with E-state index in [0.29, 0.717) is 6.61 Å². The van der Waals surface area contributed by atoms with Gasteiger partial charge in [-0.05, 0) is 32.6 Å². The van der Waals surface area contributed by atoms with E-state index in [-0.39, 0.29) is 47.4 Å². The van der Waals surface area contributed by atoms with E-state index < -0.39 is 0 Å². The van der Waals surface area contributed by atoms with E-state index in [9.17, 15) is 9.90 Å². The number of guanidine groups is 1. The minimum absolute atomic E-state index is 0. The molecule has 0 aromatic rings. The average molecular weight is 467 g/mol. The number of nitrogens with zero attached hydrogens (tertiary/aromatic N) is 2. The number of likely N-dealkylation sites (tertiary alicyclic amines) is 1. The smallest absolute Gasteiger partial charge is 0.309 e. The zero-order chi connectivity index (χ0) is 17.6. The van der Waals surface area contributed by atoms with Crippen molar-refractivity contribution in [3.63, 3.8) is 0 Å². The predicted octanol–water partition coefficient (Wildman–Crippen LogP) is 2.40. The molecule has 2 rings (SSSR count). The van der Waals surface area contributed by atoms with Crippen LogP contribution < -0.4 is 5.32 Å². The van der Waals surface area contributed by atoms with Crippen molar-refractivity contribution in [3.05, 3.63) is 0 Å². The van der Waals surface area contributed by atoms with Gasteiger partial charge in [0.1, 0.15) is 0 Å². The number of ether oxygens (including phenoxy) is 1. The molecule has 2 fully saturated rings. The van der Waals surface area contributed by atoms with Crippen LogP contribution in [0.25, 0.3) is 0 Å². The first-order chi connectivity index (χ1) is 11.5. The van der Waals surface area contributed by atoms with E-state index in [1.807, 2.05) is 6.92 Å². The van der Waals surface area contributed by atoms with Crippen LogP contribution in [0.4, 0.5) is 0 Å². The molecule has 2 N–H and O–H groups in total. The second-order valence-electron chi connectivity index (χ2n) is 7.33. The summed E-state index contributed by atoms with van der Waals surface area (Å²) in [5.74, 6) is 0.811. The van der Waals surface area contributed by atoms with Gasteiger partial charge in [-0.3, -0.25) is 9.79 Å². The van der Waals surface area contributed by atoms with Crippen LogP contribution in [-0.4, -0.2) is 61.3 Å². The maximum absolute atomic E-state index is 11.8. The Morgan fingerprint density at radius 3 is 2.56 bits per heavy atom. The number of piperidine rings is 1. The number of halogens is 1. The summed E-state index contributed by atoms with van der Waals surface area (Å²) in [6.45, 7) is 6.80. The first-order valence-corrected chi connectivity index (χ1v) is 9.30. The van der Waals surface area contributed by atoms with Crippen LogP contribution in [0.3, 0.4) is 0 Å². The number of nitrogens with one attached hydrogen (secondary N) is 1. The molecule has 25 heavy (non-hydrogen) atoms. The van der Waals surface area contributed by atoms with Crippen LogP contribution in [0.5, 0.6) is 0 Å². The molecule has 0 radical (unpaired) electrons. The molecule has 1 saturated heterocycles. The second-order valence-corrected chi connectivity index (χ2v) is 7.33. The van der Waals surface area contributed by atoms with Crippen LogP contribution in [0, 0.1) is 11.3 Å². The lowest BCUT2D eigenvalue weighted by Gasteiger charge is -2.40. The highest BCUT2D eigenvalue weighted by Crippen LogP contribution is 2.35. The van der Waals surface area contributed by atoms with Gasteiger partial charge in [-0.15, -0.1) is 24.0 Å². The molecule has 1 heterocycles. The molecule has 0 amide bonds. The van der Waals surface area contributed by atoms with Gasteiger partial charge < -0.3 is 20.1 Å². The zero-order valence-electron chi connectivity index (χ0n) is 15.8. The second kappa shape index (κ2) is 10.5. The molecule has 1 aliphatic carbocycles. The molecule has 6 nitrogen and oxygen atoms in total. The summed E-state index contributed by atoms with van der Waals surface area (Å²) in [5.41, 5.74) is -0.0859. The maximum Gasteiger partial charge on any atom is 0.309 e. The highest BCUT2D eigenvalue weighted by Gasteiger charge is 2.36. The third-order valence-electron chi connectivity index (χ3n) is 5.56. The van der Waals surface area contributed by atoms with E-state index in [1.54, 1.807) is 7.05 Å². The normalized spacial score (nSPS) is 28.2. The van der Waals surface area contributed by atoms with Gasteiger partial charge >= 0.3 is 5.97 Å². The standard InChI is InChI=1S/C18H33N3O3.HI/c1-4-24-16(23)14-8-11-21(12-9-14)17(19-3)20-13-18(2)10-6-5-7-15(18)22;/h14-15,22H,4-13H2,1-3H3,(H,19,20);1H. The third-order valence-corrected chi connectivity index (χ3v) is 5.56. The maximum atomic E-state index is 11.8. The fourth-order valence-electron chi connectivity index (χ4n) is 3.79. The Hall–Kier alpha value is -0.570. The average Bonchev–Trinajstić information content (AvgIpc) is 2.59. The molecule has 1 aliphatic heterocycles. The van der Waals surface area contributed by atoms with Crippen molar-refractivity contribution in [3.8, 4) is 0 Å².